The van der Waals surface area contributed by atoms with Crippen LogP contribution < -0.4 is 10.6 Å². The molecule has 2 aromatic rings. The van der Waals surface area contributed by atoms with Crippen LogP contribution in [0.15, 0.2) is 36.4 Å². The van der Waals surface area contributed by atoms with E-state index >= 15 is 0 Å². The van der Waals surface area contributed by atoms with E-state index in [2.05, 4.69) is 10.6 Å². The van der Waals surface area contributed by atoms with E-state index in [1.54, 1.807) is 18.2 Å². The molecule has 2 N–H and O–H groups in total. The smallest absolute Gasteiger partial charge is 0.251 e. The molecular formula is C18H20ClFN2O. The third-order valence-electron chi connectivity index (χ3n) is 3.43. The van der Waals surface area contributed by atoms with Crippen LogP contribution in [0.5, 0.6) is 0 Å². The van der Waals surface area contributed by atoms with Gasteiger partial charge in [-0.05, 0) is 56.7 Å². The minimum absolute atomic E-state index is 0.0869. The van der Waals surface area contributed by atoms with Gasteiger partial charge in [-0.3, -0.25) is 4.79 Å². The molecule has 0 saturated heterocycles. The van der Waals surface area contributed by atoms with Crippen molar-refractivity contribution in [3.8, 4) is 0 Å². The summed E-state index contributed by atoms with van der Waals surface area (Å²) in [5, 5.41) is 6.41. The van der Waals surface area contributed by atoms with Crippen LogP contribution in [-0.2, 0) is 6.54 Å². The zero-order valence-electron chi connectivity index (χ0n) is 13.4. The molecule has 122 valence electrons. The van der Waals surface area contributed by atoms with Gasteiger partial charge >= 0.3 is 0 Å². The topological polar surface area (TPSA) is 41.1 Å². The number of amides is 1. The highest BCUT2D eigenvalue weighted by molar-refractivity contribution is 6.31. The predicted octanol–water partition coefficient (Wildman–Crippen LogP) is 4.54. The fourth-order valence-corrected chi connectivity index (χ4v) is 2.46. The van der Waals surface area contributed by atoms with E-state index in [1.807, 2.05) is 32.9 Å². The molecule has 0 radical (unpaired) electrons. The first kappa shape index (κ1) is 17.3. The molecule has 0 saturated carbocycles. The van der Waals surface area contributed by atoms with Crippen molar-refractivity contribution in [1.29, 1.82) is 0 Å². The molecule has 1 amide bonds. The number of benzene rings is 2. The second kappa shape index (κ2) is 7.47. The van der Waals surface area contributed by atoms with Gasteiger partial charge in [0.2, 0.25) is 0 Å². The van der Waals surface area contributed by atoms with Crippen LogP contribution in [0.3, 0.4) is 0 Å². The number of hydrogen-bond donors (Lipinski definition) is 2. The van der Waals surface area contributed by atoms with Gasteiger partial charge in [-0.25, -0.2) is 4.39 Å². The zero-order chi connectivity index (χ0) is 17.0. The molecule has 2 rings (SSSR count). The van der Waals surface area contributed by atoms with Gasteiger partial charge in [0.25, 0.3) is 5.91 Å². The Labute approximate surface area is 140 Å². The number of hydrogen-bond acceptors (Lipinski definition) is 2. The summed E-state index contributed by atoms with van der Waals surface area (Å²) in [6.07, 6.45) is 0. The van der Waals surface area contributed by atoms with Crippen molar-refractivity contribution in [1.82, 2.24) is 5.32 Å². The first-order valence-corrected chi connectivity index (χ1v) is 7.84. The first-order chi connectivity index (χ1) is 10.9. The molecule has 0 aliphatic heterocycles. The van der Waals surface area contributed by atoms with Crippen LogP contribution >= 0.6 is 11.6 Å². The van der Waals surface area contributed by atoms with Gasteiger partial charge in [-0.1, -0.05) is 17.7 Å². The summed E-state index contributed by atoms with van der Waals surface area (Å²) < 4.78 is 13.8. The van der Waals surface area contributed by atoms with E-state index < -0.39 is 0 Å². The molecule has 5 heteroatoms. The minimum Gasteiger partial charge on any atom is -0.381 e. The monoisotopic (exact) mass is 334 g/mol. The average molecular weight is 335 g/mol. The molecule has 0 heterocycles. The zero-order valence-corrected chi connectivity index (χ0v) is 14.2. The molecule has 0 aliphatic carbocycles. The Morgan fingerprint density at radius 3 is 2.61 bits per heavy atom. The molecule has 0 aromatic heterocycles. The number of aryl methyl sites for hydroxylation is 1. The quantitative estimate of drug-likeness (QED) is 0.843. The van der Waals surface area contributed by atoms with Crippen LogP contribution in [0.25, 0.3) is 0 Å². The average Bonchev–Trinajstić information content (AvgIpc) is 2.47. The summed E-state index contributed by atoms with van der Waals surface area (Å²) in [4.78, 5) is 12.0. The second-order valence-electron chi connectivity index (χ2n) is 5.71. The maximum atomic E-state index is 13.8. The van der Waals surface area contributed by atoms with Gasteiger partial charge in [-0.15, -0.1) is 0 Å². The van der Waals surface area contributed by atoms with Gasteiger partial charge < -0.3 is 10.6 Å². The third-order valence-corrected chi connectivity index (χ3v) is 3.78. The molecule has 0 atom stereocenters. The highest BCUT2D eigenvalue weighted by Crippen LogP contribution is 2.22. The van der Waals surface area contributed by atoms with Gasteiger partial charge in [0, 0.05) is 34.4 Å². The molecular weight excluding hydrogens is 315 g/mol. The van der Waals surface area contributed by atoms with Crippen LogP contribution in [0.2, 0.25) is 5.02 Å². The van der Waals surface area contributed by atoms with Crippen LogP contribution in [0.4, 0.5) is 10.1 Å². The number of rotatable bonds is 5. The Kier molecular flexibility index (Phi) is 5.61. The minimum atomic E-state index is -0.337. The number of halogens is 2. The highest BCUT2D eigenvalue weighted by atomic mass is 35.5. The summed E-state index contributed by atoms with van der Waals surface area (Å²) in [6, 6.07) is 10.1. The molecule has 0 aliphatic rings. The van der Waals surface area contributed by atoms with E-state index in [1.165, 1.54) is 6.07 Å². The number of anilines is 1. The van der Waals surface area contributed by atoms with Crippen molar-refractivity contribution in [3.05, 3.63) is 63.9 Å². The lowest BCUT2D eigenvalue weighted by Crippen LogP contribution is -2.30. The molecule has 3 nitrogen and oxygen atoms in total. The number of carbonyl (C=O) groups excluding carboxylic acids is 1. The van der Waals surface area contributed by atoms with Crippen molar-refractivity contribution >= 4 is 23.2 Å². The Morgan fingerprint density at radius 2 is 2.00 bits per heavy atom. The SMILES string of the molecule is Cc1cc(C(=O)NC(C)C)ccc1NCc1c(F)cccc1Cl. The van der Waals surface area contributed by atoms with Gasteiger partial charge in [0.1, 0.15) is 5.82 Å². The van der Waals surface area contributed by atoms with Crippen molar-refractivity contribution in [3.63, 3.8) is 0 Å². The lowest BCUT2D eigenvalue weighted by atomic mass is 10.1. The maximum absolute atomic E-state index is 13.8. The van der Waals surface area contributed by atoms with Gasteiger partial charge in [0.05, 0.1) is 0 Å². The first-order valence-electron chi connectivity index (χ1n) is 7.46. The maximum Gasteiger partial charge on any atom is 0.251 e. The molecule has 0 fully saturated rings. The Bertz CT molecular complexity index is 696. The number of carbonyl (C=O) groups is 1. The molecule has 23 heavy (non-hydrogen) atoms. The lowest BCUT2D eigenvalue weighted by molar-refractivity contribution is 0.0943. The fourth-order valence-electron chi connectivity index (χ4n) is 2.23. The second-order valence-corrected chi connectivity index (χ2v) is 6.12. The molecule has 0 bridgehead atoms. The van der Waals surface area contributed by atoms with E-state index in [0.29, 0.717) is 16.1 Å². The van der Waals surface area contributed by atoms with Crippen molar-refractivity contribution in [2.75, 3.05) is 5.32 Å². The van der Waals surface area contributed by atoms with Crippen molar-refractivity contribution in [2.45, 2.75) is 33.4 Å². The summed E-state index contributed by atoms with van der Waals surface area (Å²) in [6.45, 7) is 6.01. The Balaban J connectivity index is 2.11. The van der Waals surface area contributed by atoms with Crippen LogP contribution in [-0.4, -0.2) is 11.9 Å². The largest absolute Gasteiger partial charge is 0.381 e. The summed E-state index contributed by atoms with van der Waals surface area (Å²) >= 11 is 6.02. The standard InChI is InChI=1S/C18H20ClFN2O/c1-11(2)22-18(23)13-7-8-17(12(3)9-13)21-10-14-15(19)5-4-6-16(14)20/h4-9,11,21H,10H2,1-3H3,(H,22,23). The summed E-state index contributed by atoms with van der Waals surface area (Å²) in [5.41, 5.74) is 2.78. The van der Waals surface area contributed by atoms with Gasteiger partial charge in [0.15, 0.2) is 0 Å². The van der Waals surface area contributed by atoms with Crippen molar-refractivity contribution < 1.29 is 9.18 Å². The molecule has 2 aromatic carbocycles. The van der Waals surface area contributed by atoms with E-state index in [4.69, 9.17) is 11.6 Å². The van der Waals surface area contributed by atoms with E-state index in [9.17, 15) is 9.18 Å². The molecule has 0 unspecified atom stereocenters. The third kappa shape index (κ3) is 4.45. The van der Waals surface area contributed by atoms with Crippen molar-refractivity contribution in [2.24, 2.45) is 0 Å². The Morgan fingerprint density at radius 1 is 1.26 bits per heavy atom. The highest BCUT2D eigenvalue weighted by Gasteiger charge is 2.10. The van der Waals surface area contributed by atoms with Gasteiger partial charge in [-0.2, -0.15) is 0 Å². The molecule has 0 spiro atoms. The number of nitrogens with one attached hydrogen (secondary N) is 2. The summed E-state index contributed by atoms with van der Waals surface area (Å²) in [5.74, 6) is -0.442. The lowest BCUT2D eigenvalue weighted by Gasteiger charge is -2.13. The van der Waals surface area contributed by atoms with Crippen LogP contribution in [0.1, 0.15) is 35.3 Å². The summed E-state index contributed by atoms with van der Waals surface area (Å²) in [7, 11) is 0. The Hall–Kier alpha value is -2.07. The van der Waals surface area contributed by atoms with Crippen LogP contribution in [0, 0.1) is 12.7 Å². The predicted molar refractivity (Wildman–Crippen MR) is 92.5 cm³/mol. The van der Waals surface area contributed by atoms with E-state index in [-0.39, 0.29) is 24.3 Å². The van der Waals surface area contributed by atoms with E-state index in [0.717, 1.165) is 11.3 Å². The fraction of sp³-hybridized carbons (Fsp3) is 0.278. The normalized spacial score (nSPS) is 10.7.